The van der Waals surface area contributed by atoms with Gasteiger partial charge in [-0.2, -0.15) is 0 Å². The highest BCUT2D eigenvalue weighted by atomic mass is 19.1. The van der Waals surface area contributed by atoms with Gasteiger partial charge in [-0.3, -0.25) is 9.59 Å². The van der Waals surface area contributed by atoms with E-state index in [-0.39, 0.29) is 43.4 Å². The number of hydrogen-bond acceptors (Lipinski definition) is 6. The molecule has 192 valence electrons. The lowest BCUT2D eigenvalue weighted by Crippen LogP contribution is -2.35. The minimum absolute atomic E-state index is 0.116. The predicted molar refractivity (Wildman–Crippen MR) is 132 cm³/mol. The van der Waals surface area contributed by atoms with Gasteiger partial charge in [0, 0.05) is 36.7 Å². The lowest BCUT2D eigenvalue weighted by atomic mass is 9.87. The van der Waals surface area contributed by atoms with Crippen LogP contribution in [0.4, 0.5) is 4.39 Å². The fourth-order valence-electron chi connectivity index (χ4n) is 4.89. The molecule has 0 aliphatic carbocycles. The van der Waals surface area contributed by atoms with Gasteiger partial charge in [0.25, 0.3) is 5.91 Å². The van der Waals surface area contributed by atoms with Crippen LogP contribution in [0.15, 0.2) is 60.7 Å². The molecule has 0 saturated carbocycles. The van der Waals surface area contributed by atoms with Crippen molar-refractivity contribution in [2.45, 2.75) is 12.5 Å². The number of carbonyl (C=O) groups is 2. The minimum atomic E-state index is -0.542. The fraction of sp³-hybridized carbons (Fsp3) is 0.286. The van der Waals surface area contributed by atoms with E-state index in [9.17, 15) is 14.0 Å². The Kier molecular flexibility index (Phi) is 6.85. The molecule has 2 aliphatic heterocycles. The Balaban J connectivity index is 1.42. The van der Waals surface area contributed by atoms with E-state index in [1.54, 1.807) is 55.5 Å². The van der Waals surface area contributed by atoms with E-state index < -0.39 is 5.92 Å². The number of fused-ring (bicyclic) bond motifs is 1. The molecule has 5 rings (SSSR count). The second-order valence-electron chi connectivity index (χ2n) is 8.92. The van der Waals surface area contributed by atoms with Crippen LogP contribution in [0.3, 0.4) is 0 Å². The second kappa shape index (κ2) is 10.4. The molecule has 2 aliphatic rings. The van der Waals surface area contributed by atoms with Crippen LogP contribution in [-0.4, -0.2) is 50.8 Å². The molecule has 2 unspecified atom stereocenters. The third-order valence-corrected chi connectivity index (χ3v) is 6.78. The van der Waals surface area contributed by atoms with Gasteiger partial charge in [-0.15, -0.1) is 0 Å². The fourth-order valence-corrected chi connectivity index (χ4v) is 4.89. The number of ether oxygens (including phenoxy) is 4. The summed E-state index contributed by atoms with van der Waals surface area (Å²) in [7, 11) is 3.11. The van der Waals surface area contributed by atoms with Crippen LogP contribution in [-0.2, 0) is 11.3 Å². The van der Waals surface area contributed by atoms with Gasteiger partial charge >= 0.3 is 0 Å². The summed E-state index contributed by atoms with van der Waals surface area (Å²) in [6.07, 6.45) is 0. The Morgan fingerprint density at radius 1 is 1.00 bits per heavy atom. The van der Waals surface area contributed by atoms with Crippen LogP contribution in [0.2, 0.25) is 0 Å². The average molecular weight is 507 g/mol. The van der Waals surface area contributed by atoms with E-state index >= 15 is 0 Å². The SMILES string of the molecule is COc1cccc(C2CN(C(=O)c3ccc4c(c3)OCO4)CC2C(=O)NCc2ccc(F)cc2)c1OC. The molecule has 9 heteroatoms. The monoisotopic (exact) mass is 506 g/mol. The van der Waals surface area contributed by atoms with Gasteiger partial charge < -0.3 is 29.2 Å². The maximum Gasteiger partial charge on any atom is 0.254 e. The molecule has 0 bridgehead atoms. The molecule has 37 heavy (non-hydrogen) atoms. The molecule has 2 amide bonds. The van der Waals surface area contributed by atoms with Gasteiger partial charge in [0.2, 0.25) is 12.7 Å². The Morgan fingerprint density at radius 3 is 2.54 bits per heavy atom. The van der Waals surface area contributed by atoms with Crippen molar-refractivity contribution in [2.24, 2.45) is 5.92 Å². The molecule has 2 atom stereocenters. The topological polar surface area (TPSA) is 86.3 Å². The van der Waals surface area contributed by atoms with Gasteiger partial charge in [0.05, 0.1) is 20.1 Å². The van der Waals surface area contributed by atoms with Crippen molar-refractivity contribution >= 4 is 11.8 Å². The number of amides is 2. The number of hydrogen-bond donors (Lipinski definition) is 1. The lowest BCUT2D eigenvalue weighted by molar-refractivity contribution is -0.125. The van der Waals surface area contributed by atoms with Crippen LogP contribution in [0.1, 0.15) is 27.4 Å². The first kappa shape index (κ1) is 24.4. The number of para-hydroxylation sites is 1. The number of likely N-dealkylation sites (tertiary alicyclic amines) is 1. The van der Waals surface area contributed by atoms with Crippen molar-refractivity contribution in [3.05, 3.63) is 83.2 Å². The Hall–Kier alpha value is -4.27. The molecule has 0 aromatic heterocycles. The molecule has 2 heterocycles. The molecular formula is C28H27FN2O6. The lowest BCUT2D eigenvalue weighted by Gasteiger charge is -2.21. The molecule has 0 radical (unpaired) electrons. The van der Waals surface area contributed by atoms with E-state index in [1.807, 2.05) is 12.1 Å². The molecule has 3 aromatic rings. The van der Waals surface area contributed by atoms with Gasteiger partial charge in [-0.1, -0.05) is 24.3 Å². The number of benzene rings is 3. The zero-order valence-corrected chi connectivity index (χ0v) is 20.5. The van der Waals surface area contributed by atoms with E-state index in [2.05, 4.69) is 5.32 Å². The largest absolute Gasteiger partial charge is 0.493 e. The number of halogens is 1. The highest BCUT2D eigenvalue weighted by Gasteiger charge is 2.42. The van der Waals surface area contributed by atoms with Crippen molar-refractivity contribution in [2.75, 3.05) is 34.1 Å². The second-order valence-corrected chi connectivity index (χ2v) is 8.92. The van der Waals surface area contributed by atoms with Crippen molar-refractivity contribution in [3.63, 3.8) is 0 Å². The molecule has 0 spiro atoms. The summed E-state index contributed by atoms with van der Waals surface area (Å²) in [5.74, 6) is 0.554. The highest BCUT2D eigenvalue weighted by molar-refractivity contribution is 5.96. The summed E-state index contributed by atoms with van der Waals surface area (Å²) in [6.45, 7) is 0.886. The van der Waals surface area contributed by atoms with Crippen LogP contribution in [0.25, 0.3) is 0 Å². The third kappa shape index (κ3) is 4.89. The maximum absolute atomic E-state index is 13.5. The Bertz CT molecular complexity index is 1310. The van der Waals surface area contributed by atoms with E-state index in [4.69, 9.17) is 18.9 Å². The summed E-state index contributed by atoms with van der Waals surface area (Å²) in [5, 5.41) is 2.95. The van der Waals surface area contributed by atoms with Crippen molar-refractivity contribution in [1.82, 2.24) is 10.2 Å². The van der Waals surface area contributed by atoms with Crippen LogP contribution < -0.4 is 24.3 Å². The van der Waals surface area contributed by atoms with Crippen LogP contribution in [0, 0.1) is 11.7 Å². The van der Waals surface area contributed by atoms with Crippen molar-refractivity contribution in [3.8, 4) is 23.0 Å². The first-order valence-electron chi connectivity index (χ1n) is 11.9. The van der Waals surface area contributed by atoms with Crippen molar-refractivity contribution in [1.29, 1.82) is 0 Å². The van der Waals surface area contributed by atoms with Crippen molar-refractivity contribution < 1.29 is 32.9 Å². The first-order valence-corrected chi connectivity index (χ1v) is 11.9. The minimum Gasteiger partial charge on any atom is -0.493 e. The normalized spacial score (nSPS) is 18.0. The Labute approximate surface area is 213 Å². The van der Waals surface area contributed by atoms with Crippen LogP contribution in [0.5, 0.6) is 23.0 Å². The smallest absolute Gasteiger partial charge is 0.254 e. The maximum atomic E-state index is 13.5. The number of nitrogens with one attached hydrogen (secondary N) is 1. The van der Waals surface area contributed by atoms with Gasteiger partial charge in [-0.25, -0.2) is 4.39 Å². The molecule has 1 N–H and O–H groups in total. The number of carbonyl (C=O) groups excluding carboxylic acids is 2. The highest BCUT2D eigenvalue weighted by Crippen LogP contribution is 2.42. The summed E-state index contributed by atoms with van der Waals surface area (Å²) in [6, 6.07) is 16.5. The summed E-state index contributed by atoms with van der Waals surface area (Å²) in [5.41, 5.74) is 2.01. The van der Waals surface area contributed by atoms with E-state index in [1.165, 1.54) is 12.1 Å². The van der Waals surface area contributed by atoms with Gasteiger partial charge in [-0.05, 0) is 42.0 Å². The number of methoxy groups -OCH3 is 2. The van der Waals surface area contributed by atoms with E-state index in [0.29, 0.717) is 35.1 Å². The number of rotatable bonds is 7. The quantitative estimate of drug-likeness (QED) is 0.526. The summed E-state index contributed by atoms with van der Waals surface area (Å²) in [4.78, 5) is 28.6. The average Bonchev–Trinajstić information content (AvgIpc) is 3.59. The molecular weight excluding hydrogens is 479 g/mol. The zero-order valence-electron chi connectivity index (χ0n) is 20.5. The van der Waals surface area contributed by atoms with E-state index in [0.717, 1.165) is 11.1 Å². The predicted octanol–water partition coefficient (Wildman–Crippen LogP) is 3.74. The molecule has 8 nitrogen and oxygen atoms in total. The first-order chi connectivity index (χ1) is 18.0. The number of nitrogens with zero attached hydrogens (tertiary/aromatic N) is 1. The standard InChI is InChI=1S/C28H27FN2O6/c1-34-24-5-3-4-20(26(24)35-2)21-14-31(28(33)18-8-11-23-25(12-18)37-16-36-23)15-22(21)27(32)30-13-17-6-9-19(29)10-7-17/h3-12,21-22H,13-16H2,1-2H3,(H,30,32). The Morgan fingerprint density at radius 2 is 1.78 bits per heavy atom. The summed E-state index contributed by atoms with van der Waals surface area (Å²) >= 11 is 0. The summed E-state index contributed by atoms with van der Waals surface area (Å²) < 4.78 is 35.2. The van der Waals surface area contributed by atoms with Gasteiger partial charge in [0.1, 0.15) is 5.82 Å². The van der Waals surface area contributed by atoms with Gasteiger partial charge in [0.15, 0.2) is 23.0 Å². The third-order valence-electron chi connectivity index (χ3n) is 6.78. The zero-order chi connectivity index (χ0) is 25.9. The molecule has 1 saturated heterocycles. The van der Waals surface area contributed by atoms with Crippen LogP contribution >= 0.6 is 0 Å². The molecule has 1 fully saturated rings. The molecule has 3 aromatic carbocycles.